The summed E-state index contributed by atoms with van der Waals surface area (Å²) in [5.74, 6) is 1.74. The highest BCUT2D eigenvalue weighted by atomic mass is 16.5. The summed E-state index contributed by atoms with van der Waals surface area (Å²) < 4.78 is 8.20. The molecule has 0 spiro atoms. The molecule has 4 aromatic rings. The lowest BCUT2D eigenvalue weighted by atomic mass is 10.1. The van der Waals surface area contributed by atoms with Gasteiger partial charge in [-0.15, -0.1) is 0 Å². The molecule has 5 nitrogen and oxygen atoms in total. The van der Waals surface area contributed by atoms with Gasteiger partial charge >= 0.3 is 0 Å². The van der Waals surface area contributed by atoms with Crippen LogP contribution >= 0.6 is 0 Å². The highest BCUT2D eigenvalue weighted by molar-refractivity contribution is 5.94. The van der Waals surface area contributed by atoms with Gasteiger partial charge in [-0.25, -0.2) is 4.98 Å². The summed E-state index contributed by atoms with van der Waals surface area (Å²) in [6.07, 6.45) is 1.90. The maximum atomic E-state index is 12.6. The lowest BCUT2D eigenvalue weighted by molar-refractivity contribution is 0.0949. The number of carbonyl (C=O) groups is 1. The number of amides is 1. The van der Waals surface area contributed by atoms with Gasteiger partial charge in [-0.2, -0.15) is 0 Å². The lowest BCUT2D eigenvalue weighted by Crippen LogP contribution is -2.25. The van der Waals surface area contributed by atoms with E-state index < -0.39 is 0 Å². The Hall–Kier alpha value is -3.60. The largest absolute Gasteiger partial charge is 0.493 e. The fourth-order valence-electron chi connectivity index (χ4n) is 4.07. The number of fused-ring (bicyclic) bond motifs is 1. The first-order valence-corrected chi connectivity index (χ1v) is 11.5. The van der Waals surface area contributed by atoms with E-state index in [2.05, 4.69) is 41.9 Å². The van der Waals surface area contributed by atoms with E-state index in [1.807, 2.05) is 55.5 Å². The Morgan fingerprint density at radius 1 is 0.939 bits per heavy atom. The highest BCUT2D eigenvalue weighted by Gasteiger charge is 2.12. The first-order valence-electron chi connectivity index (χ1n) is 11.5. The summed E-state index contributed by atoms with van der Waals surface area (Å²) in [4.78, 5) is 17.4. The normalized spacial score (nSPS) is 11.0. The number of para-hydroxylation sites is 2. The minimum Gasteiger partial charge on any atom is -0.493 e. The van der Waals surface area contributed by atoms with Crippen molar-refractivity contribution >= 4 is 16.9 Å². The molecule has 0 radical (unpaired) electrons. The van der Waals surface area contributed by atoms with Gasteiger partial charge in [0.15, 0.2) is 0 Å². The number of ether oxygens (including phenoxy) is 1. The zero-order valence-electron chi connectivity index (χ0n) is 19.6. The molecule has 5 heteroatoms. The number of unbranched alkanes of at least 4 members (excludes halogenated alkanes) is 1. The fraction of sp³-hybridized carbons (Fsp3) is 0.286. The van der Waals surface area contributed by atoms with E-state index in [1.54, 1.807) is 0 Å². The zero-order valence-corrected chi connectivity index (χ0v) is 19.6. The third-order valence-corrected chi connectivity index (χ3v) is 5.78. The van der Waals surface area contributed by atoms with Crippen molar-refractivity contribution in [1.29, 1.82) is 0 Å². The molecule has 3 aromatic carbocycles. The van der Waals surface area contributed by atoms with Crippen molar-refractivity contribution in [3.63, 3.8) is 0 Å². The molecule has 170 valence electrons. The van der Waals surface area contributed by atoms with Crippen molar-refractivity contribution in [2.45, 2.75) is 46.7 Å². The van der Waals surface area contributed by atoms with Crippen LogP contribution in [0.15, 0.2) is 66.7 Å². The van der Waals surface area contributed by atoms with Crippen LogP contribution in [0.4, 0.5) is 0 Å². The average molecular weight is 442 g/mol. The van der Waals surface area contributed by atoms with Gasteiger partial charge in [0.05, 0.1) is 24.2 Å². The molecule has 1 aromatic heterocycles. The number of rotatable bonds is 9. The monoisotopic (exact) mass is 441 g/mol. The Balaban J connectivity index is 1.38. The second-order valence-corrected chi connectivity index (χ2v) is 8.55. The number of hydrogen-bond acceptors (Lipinski definition) is 3. The number of nitrogens with zero attached hydrogens (tertiary/aromatic N) is 2. The number of imidazole rings is 1. The summed E-state index contributed by atoms with van der Waals surface area (Å²) in [5.41, 5.74) is 6.19. The smallest absolute Gasteiger partial charge is 0.251 e. The Labute approximate surface area is 195 Å². The zero-order chi connectivity index (χ0) is 23.2. The minimum absolute atomic E-state index is 0.0841. The Kier molecular flexibility index (Phi) is 7.08. The van der Waals surface area contributed by atoms with E-state index in [0.717, 1.165) is 47.6 Å². The molecule has 0 saturated carbocycles. The summed E-state index contributed by atoms with van der Waals surface area (Å²) in [6.45, 7) is 8.05. The molecule has 0 aliphatic heterocycles. The maximum Gasteiger partial charge on any atom is 0.251 e. The van der Waals surface area contributed by atoms with Crippen molar-refractivity contribution in [3.8, 4) is 5.75 Å². The number of hydrogen-bond donors (Lipinski definition) is 1. The predicted octanol–water partition coefficient (Wildman–Crippen LogP) is 5.75. The van der Waals surface area contributed by atoms with Crippen molar-refractivity contribution in [1.82, 2.24) is 14.9 Å². The molecule has 4 rings (SSSR count). The molecule has 0 atom stereocenters. The second-order valence-electron chi connectivity index (χ2n) is 8.55. The molecule has 0 aliphatic carbocycles. The molecule has 1 amide bonds. The van der Waals surface area contributed by atoms with Gasteiger partial charge in [0.2, 0.25) is 0 Å². The number of aromatic nitrogens is 2. The summed E-state index contributed by atoms with van der Waals surface area (Å²) in [7, 11) is 0. The third kappa shape index (κ3) is 5.61. The number of carbonyl (C=O) groups excluding carboxylic acids is 1. The van der Waals surface area contributed by atoms with Gasteiger partial charge in [-0.05, 0) is 69.5 Å². The topological polar surface area (TPSA) is 56.2 Å². The van der Waals surface area contributed by atoms with Gasteiger partial charge < -0.3 is 14.6 Å². The van der Waals surface area contributed by atoms with Crippen molar-refractivity contribution in [2.24, 2.45) is 0 Å². The van der Waals surface area contributed by atoms with Crippen LogP contribution < -0.4 is 10.1 Å². The standard InChI is InChI=1S/C28H31N3O2/c1-20-9-8-10-23(18-20)28(32)29-19-27-30-24-11-4-5-12-25(24)31(27)15-6-7-16-33-26-14-13-21(2)17-22(26)3/h4-5,8-14,17-18H,6-7,15-16,19H2,1-3H3,(H,29,32). The van der Waals surface area contributed by atoms with E-state index in [0.29, 0.717) is 18.7 Å². The van der Waals surface area contributed by atoms with E-state index in [9.17, 15) is 4.79 Å². The number of aryl methyl sites for hydroxylation is 4. The van der Waals surface area contributed by atoms with Gasteiger partial charge in [-0.1, -0.05) is 47.5 Å². The molecule has 0 saturated heterocycles. The van der Waals surface area contributed by atoms with Crippen molar-refractivity contribution < 1.29 is 9.53 Å². The fourth-order valence-corrected chi connectivity index (χ4v) is 4.07. The Bertz CT molecular complexity index is 1260. The Morgan fingerprint density at radius 2 is 1.76 bits per heavy atom. The van der Waals surface area contributed by atoms with Crippen LogP contribution in [-0.4, -0.2) is 22.1 Å². The van der Waals surface area contributed by atoms with Crippen LogP contribution in [0.2, 0.25) is 0 Å². The molecule has 0 bridgehead atoms. The maximum absolute atomic E-state index is 12.6. The van der Waals surface area contributed by atoms with Crippen LogP contribution in [0.5, 0.6) is 5.75 Å². The van der Waals surface area contributed by atoms with E-state index in [1.165, 1.54) is 11.1 Å². The molecule has 1 heterocycles. The first kappa shape index (κ1) is 22.6. The van der Waals surface area contributed by atoms with Crippen LogP contribution in [0.1, 0.15) is 45.7 Å². The number of benzene rings is 3. The van der Waals surface area contributed by atoms with Crippen LogP contribution in [0.25, 0.3) is 11.0 Å². The summed E-state index contributed by atoms with van der Waals surface area (Å²) in [6, 6.07) is 22.0. The number of nitrogens with one attached hydrogen (secondary N) is 1. The highest BCUT2D eigenvalue weighted by Crippen LogP contribution is 2.20. The molecule has 1 N–H and O–H groups in total. The molecular formula is C28H31N3O2. The van der Waals surface area contributed by atoms with Gasteiger partial charge in [0, 0.05) is 12.1 Å². The van der Waals surface area contributed by atoms with E-state index in [4.69, 9.17) is 9.72 Å². The minimum atomic E-state index is -0.0841. The van der Waals surface area contributed by atoms with Crippen molar-refractivity contribution in [2.75, 3.05) is 6.61 Å². The first-order chi connectivity index (χ1) is 16.0. The van der Waals surface area contributed by atoms with Gasteiger partial charge in [-0.3, -0.25) is 4.79 Å². The molecule has 0 aliphatic rings. The molecule has 0 fully saturated rings. The summed E-state index contributed by atoms with van der Waals surface area (Å²) >= 11 is 0. The van der Waals surface area contributed by atoms with Crippen LogP contribution in [-0.2, 0) is 13.1 Å². The van der Waals surface area contributed by atoms with Crippen LogP contribution in [0, 0.1) is 20.8 Å². The molecular weight excluding hydrogens is 410 g/mol. The van der Waals surface area contributed by atoms with Crippen LogP contribution in [0.3, 0.4) is 0 Å². The predicted molar refractivity (Wildman–Crippen MR) is 133 cm³/mol. The van der Waals surface area contributed by atoms with Crippen molar-refractivity contribution in [3.05, 3.63) is 94.8 Å². The van der Waals surface area contributed by atoms with E-state index >= 15 is 0 Å². The van der Waals surface area contributed by atoms with E-state index in [-0.39, 0.29) is 5.91 Å². The Morgan fingerprint density at radius 3 is 2.58 bits per heavy atom. The quantitative estimate of drug-likeness (QED) is 0.337. The lowest BCUT2D eigenvalue weighted by Gasteiger charge is -2.12. The SMILES string of the molecule is Cc1cccc(C(=O)NCc2nc3ccccc3n2CCCCOc2ccc(C)cc2C)c1. The van der Waals surface area contributed by atoms with Gasteiger partial charge in [0.1, 0.15) is 11.6 Å². The molecule has 0 unspecified atom stereocenters. The summed E-state index contributed by atoms with van der Waals surface area (Å²) in [5, 5.41) is 3.03. The molecule has 33 heavy (non-hydrogen) atoms. The second kappa shape index (κ2) is 10.3. The third-order valence-electron chi connectivity index (χ3n) is 5.78. The van der Waals surface area contributed by atoms with Gasteiger partial charge in [0.25, 0.3) is 5.91 Å². The average Bonchev–Trinajstić information content (AvgIpc) is 3.16.